The SMILES string of the molecule is CCc1ccc(NC(=O)N2CC[C@H](N3CCOCC3)[C@H](CCC(=O)O)C2)cc1. The van der Waals surface area contributed by atoms with Gasteiger partial charge in [0, 0.05) is 44.3 Å². The van der Waals surface area contributed by atoms with Gasteiger partial charge in [-0.25, -0.2) is 4.79 Å². The number of aryl methyl sites for hydroxylation is 1. The number of piperidine rings is 1. The maximum atomic E-state index is 12.8. The number of anilines is 1. The van der Waals surface area contributed by atoms with Crippen molar-refractivity contribution in [3.05, 3.63) is 29.8 Å². The number of ether oxygens (including phenoxy) is 1. The smallest absolute Gasteiger partial charge is 0.321 e. The first-order valence-electron chi connectivity index (χ1n) is 10.2. The van der Waals surface area contributed by atoms with Crippen LogP contribution in [-0.2, 0) is 16.0 Å². The molecule has 2 fully saturated rings. The lowest BCUT2D eigenvalue weighted by atomic mass is 9.87. The molecule has 0 aliphatic carbocycles. The summed E-state index contributed by atoms with van der Waals surface area (Å²) in [6, 6.07) is 8.12. The lowest BCUT2D eigenvalue weighted by Gasteiger charge is -2.45. The Labute approximate surface area is 166 Å². The van der Waals surface area contributed by atoms with Gasteiger partial charge in [-0.05, 0) is 42.9 Å². The lowest BCUT2D eigenvalue weighted by molar-refractivity contribution is -0.137. The Morgan fingerprint density at radius 1 is 1.18 bits per heavy atom. The van der Waals surface area contributed by atoms with Crippen LogP contribution in [0.3, 0.4) is 0 Å². The molecule has 0 unspecified atom stereocenters. The molecule has 2 amide bonds. The van der Waals surface area contributed by atoms with Crippen LogP contribution in [0.4, 0.5) is 10.5 Å². The van der Waals surface area contributed by atoms with Gasteiger partial charge in [0.05, 0.1) is 13.2 Å². The normalized spacial score (nSPS) is 23.4. The molecule has 0 aromatic heterocycles. The Hall–Kier alpha value is -2.12. The van der Waals surface area contributed by atoms with Crippen molar-refractivity contribution >= 4 is 17.7 Å². The Bertz CT molecular complexity index is 658. The van der Waals surface area contributed by atoms with Gasteiger partial charge in [0.15, 0.2) is 0 Å². The fourth-order valence-corrected chi connectivity index (χ4v) is 4.21. The quantitative estimate of drug-likeness (QED) is 0.782. The number of benzene rings is 1. The number of likely N-dealkylation sites (tertiary alicyclic amines) is 1. The van der Waals surface area contributed by atoms with Gasteiger partial charge in [-0.1, -0.05) is 19.1 Å². The summed E-state index contributed by atoms with van der Waals surface area (Å²) >= 11 is 0. The van der Waals surface area contributed by atoms with E-state index in [9.17, 15) is 9.59 Å². The highest BCUT2D eigenvalue weighted by atomic mass is 16.5. The van der Waals surface area contributed by atoms with Crippen molar-refractivity contribution in [3.8, 4) is 0 Å². The van der Waals surface area contributed by atoms with Crippen LogP contribution < -0.4 is 5.32 Å². The maximum Gasteiger partial charge on any atom is 0.321 e. The zero-order chi connectivity index (χ0) is 19.9. The number of carbonyl (C=O) groups excluding carboxylic acids is 1. The van der Waals surface area contributed by atoms with E-state index in [1.54, 1.807) is 0 Å². The van der Waals surface area contributed by atoms with Crippen LogP contribution >= 0.6 is 0 Å². The van der Waals surface area contributed by atoms with Gasteiger partial charge >= 0.3 is 12.0 Å². The van der Waals surface area contributed by atoms with Gasteiger partial charge in [0.25, 0.3) is 0 Å². The van der Waals surface area contributed by atoms with Gasteiger partial charge in [-0.15, -0.1) is 0 Å². The molecule has 3 rings (SSSR count). The minimum Gasteiger partial charge on any atom is -0.481 e. The van der Waals surface area contributed by atoms with Crippen molar-refractivity contribution in [2.24, 2.45) is 5.92 Å². The number of nitrogens with zero attached hydrogens (tertiary/aromatic N) is 2. The monoisotopic (exact) mass is 389 g/mol. The molecule has 28 heavy (non-hydrogen) atoms. The molecule has 2 heterocycles. The number of carboxylic acids is 1. The minimum absolute atomic E-state index is 0.106. The summed E-state index contributed by atoms with van der Waals surface area (Å²) in [4.78, 5) is 28.1. The molecular weight excluding hydrogens is 358 g/mol. The number of carbonyl (C=O) groups is 2. The van der Waals surface area contributed by atoms with Crippen molar-refractivity contribution < 1.29 is 19.4 Å². The van der Waals surface area contributed by atoms with Crippen molar-refractivity contribution in [3.63, 3.8) is 0 Å². The third-order valence-corrected chi connectivity index (χ3v) is 5.84. The number of hydrogen-bond donors (Lipinski definition) is 2. The van der Waals surface area contributed by atoms with E-state index in [2.05, 4.69) is 17.1 Å². The Morgan fingerprint density at radius 3 is 2.54 bits per heavy atom. The molecule has 154 valence electrons. The number of rotatable bonds is 6. The number of carboxylic acid groups (broad SMARTS) is 1. The Kier molecular flexibility index (Phi) is 7.28. The molecule has 0 saturated carbocycles. The van der Waals surface area contributed by atoms with Crippen LogP contribution in [0.15, 0.2) is 24.3 Å². The number of morpholine rings is 1. The van der Waals surface area contributed by atoms with Gasteiger partial charge in [0.1, 0.15) is 0 Å². The van der Waals surface area contributed by atoms with E-state index in [4.69, 9.17) is 9.84 Å². The first-order chi connectivity index (χ1) is 13.6. The molecule has 0 radical (unpaired) electrons. The Morgan fingerprint density at radius 2 is 1.89 bits per heavy atom. The van der Waals surface area contributed by atoms with Gasteiger partial charge in [-0.2, -0.15) is 0 Å². The second-order valence-electron chi connectivity index (χ2n) is 7.62. The van der Waals surface area contributed by atoms with Gasteiger partial charge in [0.2, 0.25) is 0 Å². The standard InChI is InChI=1S/C21H31N3O4/c1-2-16-3-6-18(7-4-16)22-21(27)24-10-9-19(23-11-13-28-14-12-23)17(15-24)5-8-20(25)26/h3-4,6-7,17,19H,2,5,8-15H2,1H3,(H,22,27)(H,25,26)/t17-,19+/m1/s1. The largest absolute Gasteiger partial charge is 0.481 e. The van der Waals surface area contributed by atoms with Crippen LogP contribution in [0.1, 0.15) is 31.7 Å². The number of urea groups is 1. The molecule has 7 heteroatoms. The van der Waals surface area contributed by atoms with Crippen molar-refractivity contribution in [1.29, 1.82) is 0 Å². The Balaban J connectivity index is 1.62. The molecule has 2 aliphatic heterocycles. The summed E-state index contributed by atoms with van der Waals surface area (Å²) in [5.74, 6) is -0.616. The summed E-state index contributed by atoms with van der Waals surface area (Å²) in [6.07, 6.45) is 2.56. The lowest BCUT2D eigenvalue weighted by Crippen LogP contribution is -2.55. The number of hydrogen-bond acceptors (Lipinski definition) is 4. The number of aliphatic carboxylic acids is 1. The molecule has 2 aliphatic rings. The van der Waals surface area contributed by atoms with E-state index in [1.165, 1.54) is 5.56 Å². The van der Waals surface area contributed by atoms with Crippen LogP contribution in [0.5, 0.6) is 0 Å². The topological polar surface area (TPSA) is 82.1 Å². The first-order valence-corrected chi connectivity index (χ1v) is 10.2. The highest BCUT2D eigenvalue weighted by Crippen LogP contribution is 2.27. The highest BCUT2D eigenvalue weighted by Gasteiger charge is 2.35. The molecular formula is C21H31N3O4. The predicted octanol–water partition coefficient (Wildman–Crippen LogP) is 2.67. The molecule has 0 bridgehead atoms. The van der Waals surface area contributed by atoms with Crippen LogP contribution in [0.2, 0.25) is 0 Å². The van der Waals surface area contributed by atoms with Crippen molar-refractivity contribution in [2.75, 3.05) is 44.7 Å². The third-order valence-electron chi connectivity index (χ3n) is 5.84. The molecule has 2 saturated heterocycles. The third kappa shape index (κ3) is 5.45. The molecule has 7 nitrogen and oxygen atoms in total. The second kappa shape index (κ2) is 9.89. The predicted molar refractivity (Wildman–Crippen MR) is 108 cm³/mol. The zero-order valence-corrected chi connectivity index (χ0v) is 16.6. The second-order valence-corrected chi connectivity index (χ2v) is 7.62. The van der Waals surface area contributed by atoms with Crippen LogP contribution in [0.25, 0.3) is 0 Å². The number of nitrogens with one attached hydrogen (secondary N) is 1. The maximum absolute atomic E-state index is 12.8. The zero-order valence-electron chi connectivity index (χ0n) is 16.6. The fraction of sp³-hybridized carbons (Fsp3) is 0.619. The average Bonchev–Trinajstić information content (AvgIpc) is 2.73. The van der Waals surface area contributed by atoms with E-state index >= 15 is 0 Å². The van der Waals surface area contributed by atoms with Crippen molar-refractivity contribution in [1.82, 2.24) is 9.80 Å². The van der Waals surface area contributed by atoms with Gasteiger partial charge < -0.3 is 20.1 Å². The van der Waals surface area contributed by atoms with Gasteiger partial charge in [-0.3, -0.25) is 9.69 Å². The van der Waals surface area contributed by atoms with E-state index in [-0.39, 0.29) is 18.4 Å². The molecule has 1 aromatic carbocycles. The average molecular weight is 389 g/mol. The van der Waals surface area contributed by atoms with E-state index in [0.29, 0.717) is 25.6 Å². The van der Waals surface area contributed by atoms with E-state index < -0.39 is 5.97 Å². The number of amides is 2. The highest BCUT2D eigenvalue weighted by molar-refractivity contribution is 5.89. The fourth-order valence-electron chi connectivity index (χ4n) is 4.21. The molecule has 1 aromatic rings. The van der Waals surface area contributed by atoms with Crippen molar-refractivity contribution in [2.45, 2.75) is 38.6 Å². The van der Waals surface area contributed by atoms with Crippen LogP contribution in [-0.4, -0.2) is 72.3 Å². The molecule has 0 spiro atoms. The summed E-state index contributed by atoms with van der Waals surface area (Å²) < 4.78 is 5.46. The van der Waals surface area contributed by atoms with E-state index in [1.807, 2.05) is 29.2 Å². The summed E-state index contributed by atoms with van der Waals surface area (Å²) in [7, 11) is 0. The van der Waals surface area contributed by atoms with Crippen LogP contribution in [0, 0.1) is 5.92 Å². The minimum atomic E-state index is -0.779. The first kappa shape index (κ1) is 20.6. The molecule has 2 atom stereocenters. The summed E-state index contributed by atoms with van der Waals surface area (Å²) in [6.45, 7) is 6.58. The molecule has 2 N–H and O–H groups in total. The summed E-state index contributed by atoms with van der Waals surface area (Å²) in [5.41, 5.74) is 2.03. The summed E-state index contributed by atoms with van der Waals surface area (Å²) in [5, 5.41) is 12.1. The van der Waals surface area contributed by atoms with E-state index in [0.717, 1.165) is 44.8 Å².